The van der Waals surface area contributed by atoms with Crippen molar-refractivity contribution in [2.24, 2.45) is 5.92 Å². The fraction of sp³-hybridized carbons (Fsp3) is 0.312. The summed E-state index contributed by atoms with van der Waals surface area (Å²) in [5.74, 6) is 0.380. The van der Waals surface area contributed by atoms with E-state index in [0.717, 1.165) is 41.4 Å². The molecule has 0 aliphatic carbocycles. The van der Waals surface area contributed by atoms with Crippen LogP contribution in [0.5, 0.6) is 5.75 Å². The number of fused-ring (bicyclic) bond motifs is 1. The third-order valence-corrected chi connectivity index (χ3v) is 9.23. The molecule has 3 N–H and O–H groups in total. The summed E-state index contributed by atoms with van der Waals surface area (Å²) in [4.78, 5) is 19.1. The lowest BCUT2D eigenvalue weighted by Gasteiger charge is -2.36. The van der Waals surface area contributed by atoms with Crippen molar-refractivity contribution in [2.45, 2.75) is 43.7 Å². The maximum atomic E-state index is 13.1. The van der Waals surface area contributed by atoms with Crippen molar-refractivity contribution in [1.29, 1.82) is 0 Å². The maximum Gasteiger partial charge on any atom is 0.262 e. The van der Waals surface area contributed by atoms with Gasteiger partial charge in [0.2, 0.25) is 10.0 Å². The number of ether oxygens (including phenoxy) is 1. The Morgan fingerprint density at radius 3 is 2.43 bits per heavy atom. The number of piperidine rings is 1. The van der Waals surface area contributed by atoms with Gasteiger partial charge in [-0.2, -0.15) is 0 Å². The molecule has 3 aromatic carbocycles. The van der Waals surface area contributed by atoms with Crippen LogP contribution in [0.15, 0.2) is 89.8 Å². The zero-order valence-corrected chi connectivity index (χ0v) is 24.4. The highest BCUT2D eigenvalue weighted by Crippen LogP contribution is 2.24. The van der Waals surface area contributed by atoms with Crippen molar-refractivity contribution in [3.63, 3.8) is 0 Å². The van der Waals surface area contributed by atoms with Crippen molar-refractivity contribution < 1.29 is 23.2 Å². The Morgan fingerprint density at radius 2 is 1.71 bits per heavy atom. The first kappa shape index (κ1) is 29.7. The van der Waals surface area contributed by atoms with E-state index in [1.54, 1.807) is 17.6 Å². The maximum absolute atomic E-state index is 13.1. The van der Waals surface area contributed by atoms with E-state index in [4.69, 9.17) is 4.74 Å². The number of hydroxylamine groups is 1. The molecule has 10 heteroatoms. The zero-order valence-electron chi connectivity index (χ0n) is 23.6. The van der Waals surface area contributed by atoms with E-state index in [1.165, 1.54) is 17.7 Å². The largest absolute Gasteiger partial charge is 0.489 e. The second kappa shape index (κ2) is 13.4. The van der Waals surface area contributed by atoms with Gasteiger partial charge in [-0.3, -0.25) is 19.9 Å². The predicted octanol–water partition coefficient (Wildman–Crippen LogP) is 4.23. The molecule has 42 heavy (non-hydrogen) atoms. The normalized spacial score (nSPS) is 15.4. The molecule has 0 bridgehead atoms. The smallest absolute Gasteiger partial charge is 0.262 e. The standard InChI is InChI=1S/C32H36N4O5S/c1-23-19-26(29-9-5-6-10-30(29)34-23)22-41-27-11-13-28(14-12-27)42(39,40)33-21-31(32(37)35-38)36-17-15-25(16-18-36)20-24-7-3-2-4-8-24/h2-14,19,25,31,33,38H,15-18,20-22H2,1H3,(H,35,37)/t31-/m0/s1. The van der Waals surface area contributed by atoms with Gasteiger partial charge in [-0.15, -0.1) is 0 Å². The average Bonchev–Trinajstić information content (AvgIpc) is 3.01. The van der Waals surface area contributed by atoms with Crippen LogP contribution in [0.3, 0.4) is 0 Å². The van der Waals surface area contributed by atoms with Crippen LogP contribution in [0.1, 0.15) is 29.7 Å². The molecule has 0 saturated carbocycles. The van der Waals surface area contributed by atoms with E-state index in [-0.39, 0.29) is 11.4 Å². The van der Waals surface area contributed by atoms with Crippen molar-refractivity contribution in [1.82, 2.24) is 20.1 Å². The molecule has 0 spiro atoms. The zero-order chi connectivity index (χ0) is 29.5. The van der Waals surface area contributed by atoms with Gasteiger partial charge in [0.05, 0.1) is 10.4 Å². The molecule has 1 aliphatic rings. The fourth-order valence-corrected chi connectivity index (χ4v) is 6.58. The summed E-state index contributed by atoms with van der Waals surface area (Å²) in [6.45, 7) is 3.36. The summed E-state index contributed by atoms with van der Waals surface area (Å²) < 4.78 is 34.7. The van der Waals surface area contributed by atoms with Crippen molar-refractivity contribution in [2.75, 3.05) is 19.6 Å². The van der Waals surface area contributed by atoms with Gasteiger partial charge in [0, 0.05) is 23.2 Å². The second-order valence-corrected chi connectivity index (χ2v) is 12.5. The van der Waals surface area contributed by atoms with Gasteiger partial charge >= 0.3 is 0 Å². The van der Waals surface area contributed by atoms with E-state index < -0.39 is 22.0 Å². The monoisotopic (exact) mass is 588 g/mol. The van der Waals surface area contributed by atoms with Crippen LogP contribution in [0.2, 0.25) is 0 Å². The number of pyridine rings is 1. The molecular weight excluding hydrogens is 552 g/mol. The lowest BCUT2D eigenvalue weighted by atomic mass is 9.89. The van der Waals surface area contributed by atoms with Crippen LogP contribution in [0.4, 0.5) is 0 Å². The number of nitrogens with one attached hydrogen (secondary N) is 2. The van der Waals surface area contributed by atoms with Gasteiger partial charge in [-0.1, -0.05) is 48.5 Å². The third-order valence-electron chi connectivity index (χ3n) is 7.79. The number of aromatic nitrogens is 1. The number of amides is 1. The number of aryl methyl sites for hydroxylation is 1. The van der Waals surface area contributed by atoms with Crippen molar-refractivity contribution in [3.05, 3.63) is 102 Å². The van der Waals surface area contributed by atoms with Crippen LogP contribution in [0, 0.1) is 12.8 Å². The first-order chi connectivity index (χ1) is 20.3. The Balaban J connectivity index is 1.17. The Bertz CT molecular complexity index is 1610. The lowest BCUT2D eigenvalue weighted by Crippen LogP contribution is -2.54. The number of rotatable bonds is 11. The third kappa shape index (κ3) is 7.32. The first-order valence-electron chi connectivity index (χ1n) is 14.1. The molecule has 1 atom stereocenters. The van der Waals surface area contributed by atoms with E-state index in [0.29, 0.717) is 31.4 Å². The Labute approximate surface area is 246 Å². The molecule has 1 aliphatic heterocycles. The summed E-state index contributed by atoms with van der Waals surface area (Å²) in [5.41, 5.74) is 5.77. The number of sulfonamides is 1. The van der Waals surface area contributed by atoms with Gasteiger partial charge in [-0.25, -0.2) is 18.6 Å². The van der Waals surface area contributed by atoms with Crippen LogP contribution in [0.25, 0.3) is 10.9 Å². The lowest BCUT2D eigenvalue weighted by molar-refractivity contribution is -0.135. The highest BCUT2D eigenvalue weighted by Gasteiger charge is 2.31. The van der Waals surface area contributed by atoms with Gasteiger partial charge in [0.15, 0.2) is 0 Å². The van der Waals surface area contributed by atoms with Crippen LogP contribution >= 0.6 is 0 Å². The van der Waals surface area contributed by atoms with E-state index in [2.05, 4.69) is 21.8 Å². The number of nitrogens with zero attached hydrogens (tertiary/aromatic N) is 2. The second-order valence-electron chi connectivity index (χ2n) is 10.7. The summed E-state index contributed by atoms with van der Waals surface area (Å²) in [5, 5.41) is 10.4. The topological polar surface area (TPSA) is 121 Å². The van der Waals surface area contributed by atoms with Crippen molar-refractivity contribution >= 4 is 26.8 Å². The molecule has 1 amide bonds. The quantitative estimate of drug-likeness (QED) is 0.177. The molecule has 1 saturated heterocycles. The molecule has 1 aromatic heterocycles. The number of carbonyl (C=O) groups excluding carboxylic acids is 1. The Morgan fingerprint density at radius 1 is 1.02 bits per heavy atom. The van der Waals surface area contributed by atoms with Gasteiger partial charge in [0.25, 0.3) is 5.91 Å². The first-order valence-corrected chi connectivity index (χ1v) is 15.6. The van der Waals surface area contributed by atoms with E-state index in [1.807, 2.05) is 60.4 Å². The summed E-state index contributed by atoms with van der Waals surface area (Å²) >= 11 is 0. The van der Waals surface area contributed by atoms with Gasteiger partial charge in [0.1, 0.15) is 18.4 Å². The molecular formula is C32H36N4O5S. The van der Waals surface area contributed by atoms with Crippen LogP contribution in [-0.4, -0.2) is 55.1 Å². The SMILES string of the molecule is Cc1cc(COc2ccc(S(=O)(=O)NC[C@@H](C(=O)NO)N3CCC(Cc4ccccc4)CC3)cc2)c2ccccc2n1. The minimum Gasteiger partial charge on any atom is -0.489 e. The van der Waals surface area contributed by atoms with Gasteiger partial charge < -0.3 is 4.74 Å². The molecule has 1 fully saturated rings. The number of benzene rings is 3. The van der Waals surface area contributed by atoms with E-state index in [9.17, 15) is 18.4 Å². The average molecular weight is 589 g/mol. The predicted molar refractivity (Wildman–Crippen MR) is 161 cm³/mol. The van der Waals surface area contributed by atoms with Crippen molar-refractivity contribution in [3.8, 4) is 5.75 Å². The minimum absolute atomic E-state index is 0.0600. The summed E-state index contributed by atoms with van der Waals surface area (Å²) in [6.07, 6.45) is 2.73. The minimum atomic E-state index is -3.91. The number of carbonyl (C=O) groups is 1. The molecule has 0 unspecified atom stereocenters. The molecule has 220 valence electrons. The summed E-state index contributed by atoms with van der Waals surface area (Å²) in [6, 6.07) is 25.5. The number of likely N-dealkylation sites (tertiary alicyclic amines) is 1. The number of para-hydroxylation sites is 1. The molecule has 9 nitrogen and oxygen atoms in total. The van der Waals surface area contributed by atoms with Gasteiger partial charge in [-0.05, 0) is 87.2 Å². The summed E-state index contributed by atoms with van der Waals surface area (Å²) in [7, 11) is -3.91. The van der Waals surface area contributed by atoms with Crippen LogP contribution in [-0.2, 0) is 27.8 Å². The number of hydrogen-bond acceptors (Lipinski definition) is 7. The number of hydrogen-bond donors (Lipinski definition) is 3. The molecule has 2 heterocycles. The molecule has 4 aromatic rings. The molecule has 0 radical (unpaired) electrons. The highest BCUT2D eigenvalue weighted by molar-refractivity contribution is 7.89. The fourth-order valence-electron chi connectivity index (χ4n) is 5.54. The molecule has 5 rings (SSSR count). The van der Waals surface area contributed by atoms with Crippen LogP contribution < -0.4 is 14.9 Å². The van der Waals surface area contributed by atoms with E-state index >= 15 is 0 Å². The highest BCUT2D eigenvalue weighted by atomic mass is 32.2. The Kier molecular flexibility index (Phi) is 9.48. The Hall–Kier alpha value is -3.83.